The molecule has 1 aromatic carbocycles. The molecule has 0 aliphatic heterocycles. The van der Waals surface area contributed by atoms with Crippen molar-refractivity contribution in [3.05, 3.63) is 53.2 Å². The van der Waals surface area contributed by atoms with Crippen LogP contribution in [0.1, 0.15) is 24.0 Å². The van der Waals surface area contributed by atoms with Crippen LogP contribution >= 0.6 is 0 Å². The minimum absolute atomic E-state index is 0.238. The van der Waals surface area contributed by atoms with Crippen molar-refractivity contribution < 1.29 is 9.13 Å². The lowest BCUT2D eigenvalue weighted by Crippen LogP contribution is -2.07. The first kappa shape index (κ1) is 14.4. The Bertz CT molecular complexity index is 551. The Hall–Kier alpha value is -2.01. The average molecular weight is 275 g/mol. The number of hydrogen-bond acceptors (Lipinski definition) is 4. The van der Waals surface area contributed by atoms with Gasteiger partial charge < -0.3 is 10.1 Å². The molecule has 0 radical (unpaired) electrons. The molecular formula is C15H18FN3O. The lowest BCUT2D eigenvalue weighted by atomic mass is 10.1. The summed E-state index contributed by atoms with van der Waals surface area (Å²) < 4.78 is 18.8. The molecule has 0 aliphatic carbocycles. The Morgan fingerprint density at radius 1 is 1.25 bits per heavy atom. The van der Waals surface area contributed by atoms with Crippen LogP contribution < -0.4 is 5.32 Å². The number of nitrogens with one attached hydrogen (secondary N) is 1. The summed E-state index contributed by atoms with van der Waals surface area (Å²) in [6, 6.07) is 8.51. The normalized spacial score (nSPS) is 10.6. The van der Waals surface area contributed by atoms with Crippen LogP contribution in [0.2, 0.25) is 0 Å². The summed E-state index contributed by atoms with van der Waals surface area (Å²) in [7, 11) is 1.62. The number of hydrogen-bond donors (Lipinski definition) is 1. The lowest BCUT2D eigenvalue weighted by Gasteiger charge is -2.09. The summed E-state index contributed by atoms with van der Waals surface area (Å²) in [6.45, 7) is 3.17. The van der Waals surface area contributed by atoms with E-state index in [4.69, 9.17) is 4.74 Å². The smallest absolute Gasteiger partial charge is 0.135 e. The van der Waals surface area contributed by atoms with Gasteiger partial charge in [0.25, 0.3) is 0 Å². The van der Waals surface area contributed by atoms with Crippen LogP contribution in [-0.4, -0.2) is 23.6 Å². The summed E-state index contributed by atoms with van der Waals surface area (Å²) in [4.78, 5) is 8.80. The number of aromatic nitrogens is 2. The van der Waals surface area contributed by atoms with Crippen LogP contribution in [0.4, 0.5) is 10.2 Å². The molecule has 0 atom stereocenters. The van der Waals surface area contributed by atoms with Gasteiger partial charge >= 0.3 is 0 Å². The molecule has 1 heterocycles. The quantitative estimate of drug-likeness (QED) is 0.880. The van der Waals surface area contributed by atoms with Gasteiger partial charge in [0.05, 0.1) is 12.3 Å². The third-order valence-electron chi connectivity index (χ3n) is 2.78. The molecule has 0 saturated heterocycles. The van der Waals surface area contributed by atoms with E-state index >= 15 is 0 Å². The van der Waals surface area contributed by atoms with Gasteiger partial charge in [0.2, 0.25) is 0 Å². The molecule has 2 rings (SSSR count). The third-order valence-corrected chi connectivity index (χ3v) is 2.78. The standard InChI is InChI=1S/C15H18FN3O/c1-3-17-14-9-12(10-20-2)18-15(19-14)8-11-6-4-5-7-13(11)16/h4-7,9H,3,8,10H2,1-2H3,(H,17,18,19). The topological polar surface area (TPSA) is 47.0 Å². The summed E-state index contributed by atoms with van der Waals surface area (Å²) in [5.74, 6) is 1.08. The average Bonchev–Trinajstić information content (AvgIpc) is 2.42. The van der Waals surface area contributed by atoms with Gasteiger partial charge in [-0.2, -0.15) is 0 Å². The highest BCUT2D eigenvalue weighted by atomic mass is 19.1. The summed E-state index contributed by atoms with van der Waals surface area (Å²) in [5.41, 5.74) is 1.37. The minimum atomic E-state index is -0.238. The Morgan fingerprint density at radius 3 is 2.75 bits per heavy atom. The van der Waals surface area contributed by atoms with Crippen molar-refractivity contribution in [3.63, 3.8) is 0 Å². The Labute approximate surface area is 118 Å². The van der Waals surface area contributed by atoms with Crippen LogP contribution in [0.25, 0.3) is 0 Å². The van der Waals surface area contributed by atoms with Crippen LogP contribution in [0, 0.1) is 5.82 Å². The zero-order valence-electron chi connectivity index (χ0n) is 11.7. The highest BCUT2D eigenvalue weighted by molar-refractivity contribution is 5.36. The van der Waals surface area contributed by atoms with Gasteiger partial charge in [-0.1, -0.05) is 18.2 Å². The largest absolute Gasteiger partial charge is 0.378 e. The maximum Gasteiger partial charge on any atom is 0.135 e. The van der Waals surface area contributed by atoms with E-state index in [-0.39, 0.29) is 5.82 Å². The zero-order valence-corrected chi connectivity index (χ0v) is 11.7. The first-order valence-corrected chi connectivity index (χ1v) is 6.56. The van der Waals surface area contributed by atoms with Gasteiger partial charge in [-0.05, 0) is 18.6 Å². The van der Waals surface area contributed by atoms with Crippen LogP contribution in [0.15, 0.2) is 30.3 Å². The fourth-order valence-electron chi connectivity index (χ4n) is 1.94. The van der Waals surface area contributed by atoms with E-state index in [0.29, 0.717) is 24.4 Å². The van der Waals surface area contributed by atoms with Gasteiger partial charge in [-0.3, -0.25) is 0 Å². The van der Waals surface area contributed by atoms with Crippen LogP contribution in [-0.2, 0) is 17.8 Å². The van der Waals surface area contributed by atoms with Gasteiger partial charge in [0, 0.05) is 26.1 Å². The molecule has 0 aliphatic rings. The number of benzene rings is 1. The van der Waals surface area contributed by atoms with E-state index in [9.17, 15) is 4.39 Å². The second kappa shape index (κ2) is 6.96. The molecule has 106 valence electrons. The fourth-order valence-corrected chi connectivity index (χ4v) is 1.94. The summed E-state index contributed by atoms with van der Waals surface area (Å²) in [5, 5.41) is 3.15. The summed E-state index contributed by atoms with van der Waals surface area (Å²) in [6.07, 6.45) is 0.364. The van der Waals surface area contributed by atoms with Crippen molar-refractivity contribution in [3.8, 4) is 0 Å². The second-order valence-electron chi connectivity index (χ2n) is 4.39. The molecular weight excluding hydrogens is 257 g/mol. The minimum Gasteiger partial charge on any atom is -0.378 e. The molecule has 0 bridgehead atoms. The van der Waals surface area contributed by atoms with Crippen molar-refractivity contribution in [1.29, 1.82) is 0 Å². The molecule has 1 aromatic heterocycles. The Kier molecular flexibility index (Phi) is 5.01. The number of rotatable bonds is 6. The van der Waals surface area contributed by atoms with Crippen LogP contribution in [0.5, 0.6) is 0 Å². The molecule has 0 fully saturated rings. The van der Waals surface area contributed by atoms with Crippen LogP contribution in [0.3, 0.4) is 0 Å². The van der Waals surface area contributed by atoms with Gasteiger partial charge in [-0.25, -0.2) is 14.4 Å². The molecule has 4 nitrogen and oxygen atoms in total. The van der Waals surface area contributed by atoms with Crippen molar-refractivity contribution in [1.82, 2.24) is 9.97 Å². The molecule has 2 aromatic rings. The van der Waals surface area contributed by atoms with E-state index in [0.717, 1.165) is 18.1 Å². The van der Waals surface area contributed by atoms with E-state index in [1.165, 1.54) is 6.07 Å². The van der Waals surface area contributed by atoms with Crippen molar-refractivity contribution in [2.45, 2.75) is 20.0 Å². The van der Waals surface area contributed by atoms with Crippen molar-refractivity contribution in [2.75, 3.05) is 19.0 Å². The third kappa shape index (κ3) is 3.74. The molecule has 5 heteroatoms. The number of methoxy groups -OCH3 is 1. The molecule has 1 N–H and O–H groups in total. The lowest BCUT2D eigenvalue weighted by molar-refractivity contribution is 0.181. The van der Waals surface area contributed by atoms with Gasteiger partial charge in [0.1, 0.15) is 17.5 Å². The van der Waals surface area contributed by atoms with E-state index < -0.39 is 0 Å². The van der Waals surface area contributed by atoms with E-state index in [2.05, 4.69) is 15.3 Å². The first-order chi connectivity index (χ1) is 9.72. The zero-order chi connectivity index (χ0) is 14.4. The molecule has 0 amide bonds. The van der Waals surface area contributed by atoms with E-state index in [1.807, 2.05) is 19.1 Å². The predicted octanol–water partition coefficient (Wildman–Crippen LogP) is 2.78. The maximum absolute atomic E-state index is 13.7. The van der Waals surface area contributed by atoms with Gasteiger partial charge in [0.15, 0.2) is 0 Å². The highest BCUT2D eigenvalue weighted by Gasteiger charge is 2.08. The Morgan fingerprint density at radius 2 is 2.05 bits per heavy atom. The predicted molar refractivity (Wildman–Crippen MR) is 76.1 cm³/mol. The number of halogens is 1. The number of nitrogens with zero attached hydrogens (tertiary/aromatic N) is 2. The second-order valence-corrected chi connectivity index (χ2v) is 4.39. The molecule has 0 spiro atoms. The van der Waals surface area contributed by atoms with E-state index in [1.54, 1.807) is 19.2 Å². The highest BCUT2D eigenvalue weighted by Crippen LogP contribution is 2.14. The van der Waals surface area contributed by atoms with Crippen molar-refractivity contribution >= 4 is 5.82 Å². The maximum atomic E-state index is 13.7. The molecule has 0 unspecified atom stereocenters. The molecule has 0 saturated carbocycles. The van der Waals surface area contributed by atoms with Gasteiger partial charge in [-0.15, -0.1) is 0 Å². The number of ether oxygens (including phenoxy) is 1. The molecule has 20 heavy (non-hydrogen) atoms. The van der Waals surface area contributed by atoms with Crippen molar-refractivity contribution in [2.24, 2.45) is 0 Å². The monoisotopic (exact) mass is 275 g/mol. The SMILES string of the molecule is CCNc1cc(COC)nc(Cc2ccccc2F)n1. The first-order valence-electron chi connectivity index (χ1n) is 6.56. The fraction of sp³-hybridized carbons (Fsp3) is 0.333. The number of anilines is 1. The Balaban J connectivity index is 2.28. The summed E-state index contributed by atoms with van der Waals surface area (Å²) >= 11 is 0.